The maximum Gasteiger partial charge on any atom is 0.341 e. The number of amides is 2. The smallest absolute Gasteiger partial charge is 0.341 e. The molecule has 0 saturated carbocycles. The minimum Gasteiger partial charge on any atom is -0.462 e. The monoisotopic (exact) mass is 371 g/mol. The number of urea groups is 1. The number of ether oxygens (including phenoxy) is 3. The van der Waals surface area contributed by atoms with Gasteiger partial charge in [-0.2, -0.15) is 4.90 Å². The van der Waals surface area contributed by atoms with Crippen molar-refractivity contribution >= 4 is 34.7 Å². The molecule has 2 amide bonds. The van der Waals surface area contributed by atoms with E-state index in [1.54, 1.807) is 19.1 Å². The Labute approximate surface area is 151 Å². The van der Waals surface area contributed by atoms with E-state index in [1.807, 2.05) is 0 Å². The van der Waals surface area contributed by atoms with E-state index in [2.05, 4.69) is 15.2 Å². The van der Waals surface area contributed by atoms with Crippen LogP contribution in [-0.2, 0) is 4.74 Å². The molecule has 0 unspecified atom stereocenters. The van der Waals surface area contributed by atoms with Crippen LogP contribution in [0.1, 0.15) is 17.3 Å². The molecule has 1 aliphatic rings. The topological polar surface area (TPSA) is 143 Å². The second-order valence-corrected chi connectivity index (χ2v) is 5.37. The number of pyridine rings is 1. The molecule has 3 aromatic rings. The molecule has 27 heavy (non-hydrogen) atoms. The molecule has 2 N–H and O–H groups in total. The molecule has 0 fully saturated rings. The Bertz CT molecular complexity index is 1040. The lowest BCUT2D eigenvalue weighted by Gasteiger charge is -2.18. The quantitative estimate of drug-likeness (QED) is 0.678. The highest BCUT2D eigenvalue weighted by Crippen LogP contribution is 2.37. The molecule has 3 heterocycles. The number of carbonyl (C=O) groups is 2. The summed E-state index contributed by atoms with van der Waals surface area (Å²) in [5.74, 6) is 0.227. The fourth-order valence-electron chi connectivity index (χ4n) is 2.64. The van der Waals surface area contributed by atoms with Crippen molar-refractivity contribution in [3.8, 4) is 11.5 Å². The van der Waals surface area contributed by atoms with E-state index in [0.29, 0.717) is 22.4 Å². The van der Waals surface area contributed by atoms with E-state index in [9.17, 15) is 9.59 Å². The number of primary amides is 1. The second-order valence-electron chi connectivity index (χ2n) is 5.37. The maximum absolute atomic E-state index is 12.5. The van der Waals surface area contributed by atoms with Crippen molar-refractivity contribution in [2.75, 3.05) is 18.3 Å². The standard InChI is InChI=1S/C16H13N5O6/c1-2-24-14(22)9-3-8-4-11-12(27-7-26-11)5-10(8)19-13(9)21(15(17)23)16-20-18-6-25-16/h3-6H,2,7H2,1H3,(H2,17,23). The molecule has 0 saturated heterocycles. The van der Waals surface area contributed by atoms with Gasteiger partial charge in [-0.15, -0.1) is 5.10 Å². The van der Waals surface area contributed by atoms with Gasteiger partial charge >= 0.3 is 18.0 Å². The Morgan fingerprint density at radius 1 is 1.26 bits per heavy atom. The highest BCUT2D eigenvalue weighted by molar-refractivity contribution is 6.06. The maximum atomic E-state index is 12.5. The van der Waals surface area contributed by atoms with Gasteiger partial charge in [0.25, 0.3) is 0 Å². The van der Waals surface area contributed by atoms with Crippen molar-refractivity contribution in [1.82, 2.24) is 15.2 Å². The molecule has 11 nitrogen and oxygen atoms in total. The first-order valence-electron chi connectivity index (χ1n) is 7.85. The van der Waals surface area contributed by atoms with E-state index in [0.717, 1.165) is 11.3 Å². The molecular weight excluding hydrogens is 358 g/mol. The van der Waals surface area contributed by atoms with Crippen molar-refractivity contribution in [2.45, 2.75) is 6.92 Å². The van der Waals surface area contributed by atoms with Crippen molar-refractivity contribution in [2.24, 2.45) is 5.73 Å². The van der Waals surface area contributed by atoms with E-state index >= 15 is 0 Å². The first-order valence-corrected chi connectivity index (χ1v) is 7.85. The van der Waals surface area contributed by atoms with Gasteiger partial charge in [-0.25, -0.2) is 14.6 Å². The first-order chi connectivity index (χ1) is 13.1. The van der Waals surface area contributed by atoms with Gasteiger partial charge < -0.3 is 24.4 Å². The summed E-state index contributed by atoms with van der Waals surface area (Å²) in [5, 5.41) is 7.78. The Morgan fingerprint density at radius 3 is 2.70 bits per heavy atom. The molecule has 11 heteroatoms. The normalized spacial score (nSPS) is 12.2. The Kier molecular flexibility index (Phi) is 3.95. The number of anilines is 2. The summed E-state index contributed by atoms with van der Waals surface area (Å²) < 4.78 is 20.8. The van der Waals surface area contributed by atoms with Crippen LogP contribution < -0.4 is 20.1 Å². The van der Waals surface area contributed by atoms with E-state index < -0.39 is 12.0 Å². The molecule has 0 atom stereocenters. The van der Waals surface area contributed by atoms with E-state index in [-0.39, 0.29) is 30.8 Å². The highest BCUT2D eigenvalue weighted by atomic mass is 16.7. The second kappa shape index (κ2) is 6.44. The van der Waals surface area contributed by atoms with Gasteiger partial charge in [-0.05, 0) is 19.1 Å². The molecule has 1 aliphatic heterocycles. The number of hydrogen-bond acceptors (Lipinski definition) is 9. The number of fused-ring (bicyclic) bond motifs is 2. The highest BCUT2D eigenvalue weighted by Gasteiger charge is 2.29. The number of carbonyl (C=O) groups excluding carboxylic acids is 2. The number of hydrogen-bond donors (Lipinski definition) is 1. The van der Waals surface area contributed by atoms with Gasteiger partial charge in [0.15, 0.2) is 17.3 Å². The fourth-order valence-corrected chi connectivity index (χ4v) is 2.64. The Morgan fingerprint density at radius 2 is 2.04 bits per heavy atom. The van der Waals surface area contributed by atoms with Crippen LogP contribution in [0, 0.1) is 0 Å². The Balaban J connectivity index is 1.95. The molecule has 0 bridgehead atoms. The first kappa shape index (κ1) is 16.6. The number of aromatic nitrogens is 3. The SMILES string of the molecule is CCOC(=O)c1cc2cc3c(cc2nc1N(C(N)=O)c1nnco1)OCO3. The van der Waals surface area contributed by atoms with Crippen LogP contribution in [0.4, 0.5) is 16.6 Å². The van der Waals surface area contributed by atoms with Crippen molar-refractivity contribution in [3.63, 3.8) is 0 Å². The van der Waals surface area contributed by atoms with Crippen molar-refractivity contribution in [1.29, 1.82) is 0 Å². The van der Waals surface area contributed by atoms with Crippen LogP contribution >= 0.6 is 0 Å². The number of esters is 1. The van der Waals surface area contributed by atoms with Crippen LogP contribution in [0.5, 0.6) is 11.5 Å². The lowest BCUT2D eigenvalue weighted by atomic mass is 10.1. The fraction of sp³-hybridized carbons (Fsp3) is 0.188. The molecule has 4 rings (SSSR count). The zero-order valence-electron chi connectivity index (χ0n) is 14.0. The summed E-state index contributed by atoms with van der Waals surface area (Å²) in [6.07, 6.45) is 1.02. The average molecular weight is 371 g/mol. The summed E-state index contributed by atoms with van der Waals surface area (Å²) in [5.41, 5.74) is 5.90. The predicted molar refractivity (Wildman–Crippen MR) is 89.8 cm³/mol. The molecule has 0 spiro atoms. The third-order valence-electron chi connectivity index (χ3n) is 3.76. The number of benzene rings is 1. The number of nitrogens with two attached hydrogens (primary N) is 1. The van der Waals surface area contributed by atoms with Gasteiger partial charge in [0.2, 0.25) is 13.2 Å². The number of rotatable bonds is 4. The lowest BCUT2D eigenvalue weighted by Crippen LogP contribution is -2.34. The molecule has 0 aliphatic carbocycles. The minimum atomic E-state index is -0.961. The van der Waals surface area contributed by atoms with Crippen LogP contribution in [0.3, 0.4) is 0 Å². The molecular formula is C16H13N5O6. The van der Waals surface area contributed by atoms with Crippen LogP contribution in [0.25, 0.3) is 10.9 Å². The summed E-state index contributed by atoms with van der Waals surface area (Å²) in [4.78, 5) is 29.7. The van der Waals surface area contributed by atoms with Crippen molar-refractivity contribution in [3.05, 3.63) is 30.2 Å². The van der Waals surface area contributed by atoms with Gasteiger partial charge in [0.1, 0.15) is 5.56 Å². The summed E-state index contributed by atoms with van der Waals surface area (Å²) in [6.45, 7) is 1.88. The third-order valence-corrected chi connectivity index (χ3v) is 3.76. The van der Waals surface area contributed by atoms with Gasteiger partial charge in [0, 0.05) is 11.5 Å². The van der Waals surface area contributed by atoms with Gasteiger partial charge in [-0.1, -0.05) is 5.10 Å². The van der Waals surface area contributed by atoms with Gasteiger partial charge in [-0.3, -0.25) is 0 Å². The van der Waals surface area contributed by atoms with Crippen LogP contribution in [0.2, 0.25) is 0 Å². The van der Waals surface area contributed by atoms with E-state index in [4.69, 9.17) is 24.4 Å². The summed E-state index contributed by atoms with van der Waals surface area (Å²) in [6, 6.07) is 3.63. The third kappa shape index (κ3) is 2.84. The molecule has 2 aromatic heterocycles. The van der Waals surface area contributed by atoms with Crippen LogP contribution in [-0.4, -0.2) is 40.6 Å². The lowest BCUT2D eigenvalue weighted by molar-refractivity contribution is 0.0527. The van der Waals surface area contributed by atoms with E-state index in [1.165, 1.54) is 6.07 Å². The largest absolute Gasteiger partial charge is 0.462 e. The molecule has 1 aromatic carbocycles. The number of nitrogens with zero attached hydrogens (tertiary/aromatic N) is 4. The molecule has 0 radical (unpaired) electrons. The average Bonchev–Trinajstić information content (AvgIpc) is 3.31. The minimum absolute atomic E-state index is 0.000199. The molecule has 138 valence electrons. The summed E-state index contributed by atoms with van der Waals surface area (Å²) in [7, 11) is 0. The Hall–Kier alpha value is -3.89. The zero-order valence-corrected chi connectivity index (χ0v) is 14.0. The van der Waals surface area contributed by atoms with Crippen molar-refractivity contribution < 1.29 is 28.2 Å². The van der Waals surface area contributed by atoms with Crippen LogP contribution in [0.15, 0.2) is 29.0 Å². The predicted octanol–water partition coefficient (Wildman–Crippen LogP) is 1.74. The van der Waals surface area contributed by atoms with Gasteiger partial charge in [0.05, 0.1) is 12.1 Å². The summed E-state index contributed by atoms with van der Waals surface area (Å²) >= 11 is 0. The zero-order chi connectivity index (χ0) is 19.0.